The molecule has 0 fully saturated rings. The number of rotatable bonds is 5. The van der Waals surface area contributed by atoms with E-state index >= 15 is 0 Å². The maximum atomic E-state index is 11.2. The van der Waals surface area contributed by atoms with Crippen LogP contribution in [0.15, 0.2) is 35.9 Å². The van der Waals surface area contributed by atoms with Crippen LogP contribution >= 0.6 is 11.6 Å². The minimum atomic E-state index is -0.889. The van der Waals surface area contributed by atoms with Crippen LogP contribution in [0.4, 0.5) is 0 Å². The van der Waals surface area contributed by atoms with Crippen LogP contribution in [-0.2, 0) is 4.79 Å². The average Bonchev–Trinajstić information content (AvgIpc) is 2.35. The lowest BCUT2D eigenvalue weighted by atomic mass is 9.97. The molecule has 0 spiro atoms. The number of alkyl halides is 1. The number of ether oxygens (including phenoxy) is 1. The van der Waals surface area contributed by atoms with E-state index in [-0.39, 0.29) is 0 Å². The summed E-state index contributed by atoms with van der Waals surface area (Å²) in [6, 6.07) is 6.98. The van der Waals surface area contributed by atoms with Crippen molar-refractivity contribution in [1.29, 1.82) is 0 Å². The molecule has 1 N–H and O–H groups in total. The first-order valence-corrected chi connectivity index (χ1v) is 5.72. The number of halogens is 1. The number of hydrogen-bond donors (Lipinski definition) is 1. The molecule has 0 bridgehead atoms. The molecule has 0 aliphatic carbocycles. The van der Waals surface area contributed by atoms with Crippen molar-refractivity contribution < 1.29 is 14.6 Å². The van der Waals surface area contributed by atoms with Crippen molar-refractivity contribution in [2.75, 3.05) is 13.0 Å². The van der Waals surface area contributed by atoms with E-state index in [1.165, 1.54) is 0 Å². The summed E-state index contributed by atoms with van der Waals surface area (Å²) in [5.41, 5.74) is 1.55. The van der Waals surface area contributed by atoms with E-state index in [1.54, 1.807) is 37.5 Å². The standard InChI is InChI=1S/C13H15ClO3/c1-9(8-14)7-12(13(15)16)10-3-5-11(17-2)6-4-10/h3-7,12H,8H2,1-2H3,(H,15,16)/t12-/m0/s1. The molecule has 1 aromatic carbocycles. The van der Waals surface area contributed by atoms with Gasteiger partial charge >= 0.3 is 5.97 Å². The Bertz CT molecular complexity index is 409. The molecule has 3 nitrogen and oxygen atoms in total. The van der Waals surface area contributed by atoms with Gasteiger partial charge in [0.1, 0.15) is 11.7 Å². The minimum Gasteiger partial charge on any atom is -0.497 e. The molecule has 0 aliphatic heterocycles. The normalized spacial score (nSPS) is 13.2. The van der Waals surface area contributed by atoms with Crippen molar-refractivity contribution >= 4 is 17.6 Å². The summed E-state index contributed by atoms with van der Waals surface area (Å²) in [6.07, 6.45) is 1.66. The van der Waals surface area contributed by atoms with Crippen LogP contribution in [-0.4, -0.2) is 24.1 Å². The molecular formula is C13H15ClO3. The number of carbonyl (C=O) groups is 1. The highest BCUT2D eigenvalue weighted by Crippen LogP contribution is 2.22. The van der Waals surface area contributed by atoms with Gasteiger partial charge in [0.25, 0.3) is 0 Å². The molecule has 17 heavy (non-hydrogen) atoms. The largest absolute Gasteiger partial charge is 0.497 e. The van der Waals surface area contributed by atoms with Crippen LogP contribution in [0.2, 0.25) is 0 Å². The zero-order chi connectivity index (χ0) is 12.8. The molecule has 0 saturated carbocycles. The van der Waals surface area contributed by atoms with Gasteiger partial charge in [0.05, 0.1) is 7.11 Å². The van der Waals surface area contributed by atoms with Crippen LogP contribution in [0.3, 0.4) is 0 Å². The third-order valence-electron chi connectivity index (χ3n) is 2.40. The number of methoxy groups -OCH3 is 1. The summed E-state index contributed by atoms with van der Waals surface area (Å²) in [5, 5.41) is 9.18. The van der Waals surface area contributed by atoms with Crippen LogP contribution in [0, 0.1) is 0 Å². The van der Waals surface area contributed by atoms with E-state index in [0.717, 1.165) is 5.57 Å². The molecule has 0 saturated heterocycles. The first kappa shape index (κ1) is 13.6. The Morgan fingerprint density at radius 2 is 2.06 bits per heavy atom. The van der Waals surface area contributed by atoms with Gasteiger partial charge in [-0.2, -0.15) is 0 Å². The maximum absolute atomic E-state index is 11.2. The van der Waals surface area contributed by atoms with Crippen molar-refractivity contribution in [3.05, 3.63) is 41.5 Å². The van der Waals surface area contributed by atoms with Crippen LogP contribution in [0.5, 0.6) is 5.75 Å². The van der Waals surface area contributed by atoms with Gasteiger partial charge < -0.3 is 9.84 Å². The van der Waals surface area contributed by atoms with Gasteiger partial charge in [0.2, 0.25) is 0 Å². The van der Waals surface area contributed by atoms with Gasteiger partial charge in [0.15, 0.2) is 0 Å². The van der Waals surface area contributed by atoms with Gasteiger partial charge in [-0.3, -0.25) is 4.79 Å². The Hall–Kier alpha value is -1.48. The Morgan fingerprint density at radius 1 is 1.47 bits per heavy atom. The lowest BCUT2D eigenvalue weighted by Gasteiger charge is -2.10. The molecular weight excluding hydrogens is 240 g/mol. The van der Waals surface area contributed by atoms with Crippen molar-refractivity contribution in [3.63, 3.8) is 0 Å². The molecule has 4 heteroatoms. The van der Waals surface area contributed by atoms with E-state index < -0.39 is 11.9 Å². The number of carboxylic acid groups (broad SMARTS) is 1. The SMILES string of the molecule is COc1ccc([C@H](C=C(C)CCl)C(=O)O)cc1. The van der Waals surface area contributed by atoms with E-state index in [2.05, 4.69) is 0 Å². The summed E-state index contributed by atoms with van der Waals surface area (Å²) in [6.45, 7) is 1.81. The molecule has 1 rings (SSSR count). The third kappa shape index (κ3) is 3.79. The Morgan fingerprint density at radius 3 is 2.47 bits per heavy atom. The van der Waals surface area contributed by atoms with Gasteiger partial charge in [-0.25, -0.2) is 0 Å². The summed E-state index contributed by atoms with van der Waals surface area (Å²) in [4.78, 5) is 11.2. The topological polar surface area (TPSA) is 46.5 Å². The lowest BCUT2D eigenvalue weighted by molar-refractivity contribution is -0.137. The van der Waals surface area contributed by atoms with Crippen LogP contribution < -0.4 is 4.74 Å². The zero-order valence-corrected chi connectivity index (χ0v) is 10.6. The van der Waals surface area contributed by atoms with E-state index in [4.69, 9.17) is 16.3 Å². The van der Waals surface area contributed by atoms with E-state index in [9.17, 15) is 9.90 Å². The Kier molecular flexibility index (Phi) is 5.04. The van der Waals surface area contributed by atoms with E-state index in [0.29, 0.717) is 17.2 Å². The molecule has 1 atom stereocenters. The Balaban J connectivity index is 3.01. The number of allylic oxidation sites excluding steroid dienone is 1. The van der Waals surface area contributed by atoms with E-state index in [1.807, 2.05) is 6.92 Å². The van der Waals surface area contributed by atoms with Gasteiger partial charge in [-0.05, 0) is 24.6 Å². The number of aliphatic carboxylic acids is 1. The van der Waals surface area contributed by atoms with Gasteiger partial charge in [-0.1, -0.05) is 23.8 Å². The van der Waals surface area contributed by atoms with Crippen molar-refractivity contribution in [2.45, 2.75) is 12.8 Å². The fraction of sp³-hybridized carbons (Fsp3) is 0.308. The number of benzene rings is 1. The van der Waals surface area contributed by atoms with Crippen molar-refractivity contribution in [2.24, 2.45) is 0 Å². The second kappa shape index (κ2) is 6.30. The zero-order valence-electron chi connectivity index (χ0n) is 9.81. The second-order valence-corrected chi connectivity index (χ2v) is 4.00. The predicted octanol–water partition coefficient (Wildman–Crippen LogP) is 3.05. The summed E-state index contributed by atoms with van der Waals surface area (Å²) in [5.74, 6) is -0.518. The summed E-state index contributed by atoms with van der Waals surface area (Å²) >= 11 is 5.65. The average molecular weight is 255 g/mol. The highest BCUT2D eigenvalue weighted by molar-refractivity contribution is 6.19. The maximum Gasteiger partial charge on any atom is 0.314 e. The molecule has 1 aromatic rings. The monoisotopic (exact) mass is 254 g/mol. The number of hydrogen-bond acceptors (Lipinski definition) is 2. The highest BCUT2D eigenvalue weighted by atomic mass is 35.5. The second-order valence-electron chi connectivity index (χ2n) is 3.74. The molecule has 0 aromatic heterocycles. The minimum absolute atomic E-state index is 0.333. The van der Waals surface area contributed by atoms with Crippen LogP contribution in [0.1, 0.15) is 18.4 Å². The smallest absolute Gasteiger partial charge is 0.314 e. The fourth-order valence-electron chi connectivity index (χ4n) is 1.45. The number of carboxylic acids is 1. The van der Waals surface area contributed by atoms with Gasteiger partial charge in [0, 0.05) is 5.88 Å². The molecule has 92 valence electrons. The Labute approximate surface area is 106 Å². The van der Waals surface area contributed by atoms with Gasteiger partial charge in [-0.15, -0.1) is 11.6 Å². The summed E-state index contributed by atoms with van der Waals surface area (Å²) in [7, 11) is 1.57. The highest BCUT2D eigenvalue weighted by Gasteiger charge is 2.17. The molecule has 0 radical (unpaired) electrons. The van der Waals surface area contributed by atoms with Crippen molar-refractivity contribution in [3.8, 4) is 5.75 Å². The first-order valence-electron chi connectivity index (χ1n) is 5.18. The molecule has 0 aliphatic rings. The quantitative estimate of drug-likeness (QED) is 0.649. The predicted molar refractivity (Wildman–Crippen MR) is 67.8 cm³/mol. The molecule has 0 unspecified atom stereocenters. The summed E-state index contributed by atoms with van der Waals surface area (Å²) < 4.78 is 5.03. The third-order valence-corrected chi connectivity index (χ3v) is 2.82. The van der Waals surface area contributed by atoms with Crippen LogP contribution in [0.25, 0.3) is 0 Å². The fourth-order valence-corrected chi connectivity index (χ4v) is 1.54. The molecule has 0 heterocycles. The lowest BCUT2D eigenvalue weighted by Crippen LogP contribution is -2.09. The van der Waals surface area contributed by atoms with Crippen molar-refractivity contribution in [1.82, 2.24) is 0 Å². The molecule has 0 amide bonds. The first-order chi connectivity index (χ1) is 8.08.